The molecule has 0 radical (unpaired) electrons. The summed E-state index contributed by atoms with van der Waals surface area (Å²) < 4.78 is 6.20. The molecule has 3 aliphatic rings. The Morgan fingerprint density at radius 1 is 0.821 bits per heavy atom. The highest BCUT2D eigenvalue weighted by molar-refractivity contribution is 5.98. The van der Waals surface area contributed by atoms with E-state index in [4.69, 9.17) is 9.40 Å². The van der Waals surface area contributed by atoms with E-state index in [2.05, 4.69) is 126 Å². The Hall–Kier alpha value is -4.83. The maximum Gasteiger partial charge on any atom is 0.227 e. The van der Waals surface area contributed by atoms with Crippen molar-refractivity contribution in [1.29, 1.82) is 0 Å². The molecule has 39 heavy (non-hydrogen) atoms. The van der Waals surface area contributed by atoms with Gasteiger partial charge in [0, 0.05) is 33.6 Å². The molecule has 0 spiro atoms. The van der Waals surface area contributed by atoms with Crippen molar-refractivity contribution in [1.82, 2.24) is 9.97 Å². The van der Waals surface area contributed by atoms with Crippen LogP contribution in [0.25, 0.3) is 39.2 Å². The zero-order valence-electron chi connectivity index (χ0n) is 21.7. The number of allylic oxidation sites excluding steroid dienone is 14. The number of oxazole rings is 1. The van der Waals surface area contributed by atoms with E-state index >= 15 is 0 Å². The van der Waals surface area contributed by atoms with Crippen molar-refractivity contribution in [2.75, 3.05) is 5.32 Å². The van der Waals surface area contributed by atoms with Gasteiger partial charge in [0.2, 0.25) is 5.89 Å². The molecular formula is C35H29N3O. The summed E-state index contributed by atoms with van der Waals surface area (Å²) in [7, 11) is 0. The van der Waals surface area contributed by atoms with Crippen LogP contribution in [0.15, 0.2) is 119 Å². The van der Waals surface area contributed by atoms with Gasteiger partial charge in [-0.3, -0.25) is 0 Å². The number of rotatable bonds is 4. The molecule has 3 aliphatic carbocycles. The lowest BCUT2D eigenvalue weighted by Gasteiger charge is -2.09. The molecule has 4 aromatic rings. The van der Waals surface area contributed by atoms with Gasteiger partial charge in [-0.1, -0.05) is 66.8 Å². The highest BCUT2D eigenvalue weighted by atomic mass is 16.3. The van der Waals surface area contributed by atoms with Crippen LogP contribution in [0.3, 0.4) is 0 Å². The van der Waals surface area contributed by atoms with Crippen LogP contribution >= 0.6 is 0 Å². The molecule has 4 heteroatoms. The average molecular weight is 508 g/mol. The first-order valence-corrected chi connectivity index (χ1v) is 13.6. The molecular weight excluding hydrogens is 478 g/mol. The third-order valence-electron chi connectivity index (χ3n) is 7.35. The number of aromatic amines is 1. The topological polar surface area (TPSA) is 53.9 Å². The predicted molar refractivity (Wildman–Crippen MR) is 163 cm³/mol. The molecule has 7 rings (SSSR count). The number of anilines is 1. The summed E-state index contributed by atoms with van der Waals surface area (Å²) in [6.45, 7) is 0. The van der Waals surface area contributed by atoms with Gasteiger partial charge in [-0.05, 0) is 91.0 Å². The summed E-state index contributed by atoms with van der Waals surface area (Å²) in [6.07, 6.45) is 31.9. The summed E-state index contributed by atoms with van der Waals surface area (Å²) in [6, 6.07) is 12.9. The molecule has 190 valence electrons. The fourth-order valence-corrected chi connectivity index (χ4v) is 5.29. The van der Waals surface area contributed by atoms with Gasteiger partial charge in [-0.2, -0.15) is 0 Å². The zero-order valence-corrected chi connectivity index (χ0v) is 21.7. The van der Waals surface area contributed by atoms with Crippen molar-refractivity contribution in [3.63, 3.8) is 0 Å². The molecule has 2 N–H and O–H groups in total. The lowest BCUT2D eigenvalue weighted by molar-refractivity contribution is 0.586. The van der Waals surface area contributed by atoms with Gasteiger partial charge in [0.25, 0.3) is 0 Å². The normalized spacial score (nSPS) is 18.9. The van der Waals surface area contributed by atoms with Gasteiger partial charge in [-0.25, -0.2) is 4.98 Å². The first kappa shape index (κ1) is 23.3. The number of fused-ring (bicyclic) bond motifs is 4. The van der Waals surface area contributed by atoms with Gasteiger partial charge < -0.3 is 14.7 Å². The number of benzene rings is 2. The van der Waals surface area contributed by atoms with Gasteiger partial charge in [0.05, 0.1) is 0 Å². The monoisotopic (exact) mass is 507 g/mol. The Morgan fingerprint density at radius 3 is 2.67 bits per heavy atom. The first-order valence-electron chi connectivity index (χ1n) is 13.6. The number of nitrogens with one attached hydrogen (secondary N) is 2. The maximum absolute atomic E-state index is 6.20. The molecule has 0 saturated carbocycles. The summed E-state index contributed by atoms with van der Waals surface area (Å²) >= 11 is 0. The van der Waals surface area contributed by atoms with E-state index in [1.165, 1.54) is 22.1 Å². The summed E-state index contributed by atoms with van der Waals surface area (Å²) in [5, 5.41) is 4.70. The van der Waals surface area contributed by atoms with Gasteiger partial charge >= 0.3 is 0 Å². The lowest BCUT2D eigenvalue weighted by atomic mass is 10.0. The van der Waals surface area contributed by atoms with Crippen LogP contribution in [-0.4, -0.2) is 9.97 Å². The van der Waals surface area contributed by atoms with Crippen molar-refractivity contribution >= 4 is 44.9 Å². The number of H-pyrrole nitrogens is 1. The Kier molecular flexibility index (Phi) is 6.06. The van der Waals surface area contributed by atoms with E-state index in [-0.39, 0.29) is 0 Å². The maximum atomic E-state index is 6.20. The molecule has 0 saturated heterocycles. The van der Waals surface area contributed by atoms with Crippen LogP contribution < -0.4 is 5.32 Å². The second-order valence-corrected chi connectivity index (χ2v) is 10.0. The van der Waals surface area contributed by atoms with Gasteiger partial charge in [0.15, 0.2) is 5.58 Å². The molecule has 2 heterocycles. The van der Waals surface area contributed by atoms with Crippen molar-refractivity contribution in [3.8, 4) is 0 Å². The fourth-order valence-electron chi connectivity index (χ4n) is 5.29. The minimum absolute atomic E-state index is 0.657. The van der Waals surface area contributed by atoms with E-state index < -0.39 is 0 Å². The third kappa shape index (κ3) is 4.77. The Bertz CT molecular complexity index is 1810. The Labute approximate surface area is 227 Å². The number of hydrogen-bond acceptors (Lipinski definition) is 3. The Morgan fingerprint density at radius 2 is 1.72 bits per heavy atom. The molecule has 0 unspecified atom stereocenters. The van der Waals surface area contributed by atoms with E-state index in [0.717, 1.165) is 65.0 Å². The number of aromatic nitrogens is 2. The lowest BCUT2D eigenvalue weighted by Crippen LogP contribution is -1.97. The van der Waals surface area contributed by atoms with Crippen molar-refractivity contribution < 1.29 is 4.42 Å². The SMILES string of the molecule is C1=CCC=CC(c2nc3cc4[nH]c5c(c4cc3o2)CC=C(c2ccc(NC3=C/C=CCC/C=C\3)cc2)C=C5)=C1. The van der Waals surface area contributed by atoms with Crippen LogP contribution in [0.5, 0.6) is 0 Å². The molecule has 0 amide bonds. The minimum Gasteiger partial charge on any atom is -0.436 e. The van der Waals surface area contributed by atoms with Crippen LogP contribution in [0.2, 0.25) is 0 Å². The fraction of sp³-hybridized carbons (Fsp3) is 0.114. The first-order chi connectivity index (χ1) is 19.3. The standard InChI is InChI=1S/C35H29N3O/c1-2-8-12-27(13-9-3-1)36-28-18-14-24(15-19-28)25-16-20-29-30-22-34-33(23-32(30)37-31(29)21-17-25)38-35(39-34)26-10-6-4-5-7-11-26/h2,4,6-19,21-23,36-37H,1,3,5,20H2/b8-2?,13-9-,27-12+. The third-order valence-corrected chi connectivity index (χ3v) is 7.35. The van der Waals surface area contributed by atoms with Gasteiger partial charge in [-0.15, -0.1) is 0 Å². The average Bonchev–Trinajstić information content (AvgIpc) is 3.26. The van der Waals surface area contributed by atoms with Crippen LogP contribution in [0, 0.1) is 0 Å². The Balaban J connectivity index is 1.14. The highest BCUT2D eigenvalue weighted by Gasteiger charge is 2.16. The van der Waals surface area contributed by atoms with Crippen molar-refractivity contribution in [2.24, 2.45) is 0 Å². The minimum atomic E-state index is 0.657. The van der Waals surface area contributed by atoms with E-state index in [1.807, 2.05) is 0 Å². The molecule has 2 aromatic carbocycles. The van der Waals surface area contributed by atoms with Crippen molar-refractivity contribution in [3.05, 3.63) is 138 Å². The molecule has 0 aliphatic heterocycles. The summed E-state index contributed by atoms with van der Waals surface area (Å²) in [5.41, 5.74) is 10.8. The van der Waals surface area contributed by atoms with Crippen LogP contribution in [-0.2, 0) is 6.42 Å². The van der Waals surface area contributed by atoms with Crippen LogP contribution in [0.4, 0.5) is 5.69 Å². The number of nitrogens with zero attached hydrogens (tertiary/aromatic N) is 1. The zero-order chi connectivity index (χ0) is 26.0. The molecule has 0 bridgehead atoms. The van der Waals surface area contributed by atoms with Gasteiger partial charge in [0.1, 0.15) is 5.52 Å². The van der Waals surface area contributed by atoms with Crippen molar-refractivity contribution in [2.45, 2.75) is 25.7 Å². The molecule has 4 nitrogen and oxygen atoms in total. The quantitative estimate of drug-likeness (QED) is 0.290. The van der Waals surface area contributed by atoms with E-state index in [1.54, 1.807) is 0 Å². The molecule has 0 atom stereocenters. The smallest absolute Gasteiger partial charge is 0.227 e. The number of hydrogen-bond donors (Lipinski definition) is 2. The molecule has 2 aromatic heterocycles. The second kappa shape index (κ2) is 10.1. The second-order valence-electron chi connectivity index (χ2n) is 10.0. The predicted octanol–water partition coefficient (Wildman–Crippen LogP) is 9.06. The van der Waals surface area contributed by atoms with E-state index in [9.17, 15) is 0 Å². The van der Waals surface area contributed by atoms with Crippen LogP contribution in [0.1, 0.15) is 42.0 Å². The molecule has 0 fully saturated rings. The largest absolute Gasteiger partial charge is 0.436 e. The highest BCUT2D eigenvalue weighted by Crippen LogP contribution is 2.33. The van der Waals surface area contributed by atoms with E-state index in [0.29, 0.717) is 5.89 Å². The summed E-state index contributed by atoms with van der Waals surface area (Å²) in [4.78, 5) is 8.39. The summed E-state index contributed by atoms with van der Waals surface area (Å²) in [5.74, 6) is 0.657.